The minimum atomic E-state index is 0.456. The van der Waals surface area contributed by atoms with Crippen LogP contribution in [-0.4, -0.2) is 9.97 Å². The number of nitrogens with one attached hydrogen (secondary N) is 1. The van der Waals surface area contributed by atoms with Gasteiger partial charge in [-0.1, -0.05) is 6.07 Å². The molecule has 2 heterocycles. The van der Waals surface area contributed by atoms with Crippen molar-refractivity contribution in [1.29, 1.82) is 5.26 Å². The fourth-order valence-corrected chi connectivity index (χ4v) is 1.72. The van der Waals surface area contributed by atoms with Gasteiger partial charge < -0.3 is 4.98 Å². The molecular formula is C8H5N3S. The second kappa shape index (κ2) is 2.80. The lowest BCUT2D eigenvalue weighted by Crippen LogP contribution is -1.77. The molecule has 58 valence electrons. The second-order valence-electron chi connectivity index (χ2n) is 2.22. The van der Waals surface area contributed by atoms with Gasteiger partial charge in [-0.25, -0.2) is 4.98 Å². The molecular weight excluding hydrogens is 170 g/mol. The number of imidazole rings is 1. The Balaban J connectivity index is 2.55. The van der Waals surface area contributed by atoms with Gasteiger partial charge in [-0.3, -0.25) is 0 Å². The molecule has 0 unspecified atom stereocenters. The molecule has 0 saturated carbocycles. The van der Waals surface area contributed by atoms with E-state index >= 15 is 0 Å². The Morgan fingerprint density at radius 2 is 2.50 bits per heavy atom. The predicted molar refractivity (Wildman–Crippen MR) is 46.6 cm³/mol. The SMILES string of the molecule is N#Cc1nc[nH]c1-c1cccs1. The van der Waals surface area contributed by atoms with Gasteiger partial charge in [-0.2, -0.15) is 5.26 Å². The van der Waals surface area contributed by atoms with E-state index in [0.717, 1.165) is 10.6 Å². The maximum absolute atomic E-state index is 8.68. The summed E-state index contributed by atoms with van der Waals surface area (Å²) in [6, 6.07) is 5.93. The lowest BCUT2D eigenvalue weighted by Gasteiger charge is -1.89. The van der Waals surface area contributed by atoms with Gasteiger partial charge in [0.05, 0.1) is 16.9 Å². The Kier molecular flexibility index (Phi) is 1.65. The highest BCUT2D eigenvalue weighted by Gasteiger charge is 2.06. The van der Waals surface area contributed by atoms with Gasteiger partial charge in [-0.05, 0) is 11.4 Å². The molecule has 4 heteroatoms. The van der Waals surface area contributed by atoms with Crippen LogP contribution in [0.25, 0.3) is 10.6 Å². The van der Waals surface area contributed by atoms with Crippen LogP contribution in [0.4, 0.5) is 0 Å². The fourth-order valence-electron chi connectivity index (χ4n) is 0.988. The summed E-state index contributed by atoms with van der Waals surface area (Å²) in [4.78, 5) is 7.86. The summed E-state index contributed by atoms with van der Waals surface area (Å²) in [5.74, 6) is 0. The molecule has 0 aliphatic rings. The van der Waals surface area contributed by atoms with E-state index in [1.165, 1.54) is 6.33 Å². The Labute approximate surface area is 73.3 Å². The van der Waals surface area contributed by atoms with Crippen LogP contribution in [0.1, 0.15) is 5.69 Å². The van der Waals surface area contributed by atoms with E-state index < -0.39 is 0 Å². The molecule has 0 fully saturated rings. The summed E-state index contributed by atoms with van der Waals surface area (Å²) in [5, 5.41) is 10.6. The van der Waals surface area contributed by atoms with Crippen molar-refractivity contribution in [2.24, 2.45) is 0 Å². The minimum Gasteiger partial charge on any atom is -0.343 e. The highest BCUT2D eigenvalue weighted by atomic mass is 32.1. The van der Waals surface area contributed by atoms with Crippen LogP contribution >= 0.6 is 11.3 Å². The highest BCUT2D eigenvalue weighted by molar-refractivity contribution is 7.13. The number of nitrogens with zero attached hydrogens (tertiary/aromatic N) is 2. The molecule has 0 aliphatic heterocycles. The van der Waals surface area contributed by atoms with Crippen LogP contribution < -0.4 is 0 Å². The third kappa shape index (κ3) is 1.00. The summed E-state index contributed by atoms with van der Waals surface area (Å²) in [6.07, 6.45) is 1.54. The third-order valence-corrected chi connectivity index (χ3v) is 2.40. The average molecular weight is 175 g/mol. The van der Waals surface area contributed by atoms with E-state index in [1.54, 1.807) is 11.3 Å². The largest absolute Gasteiger partial charge is 0.343 e. The highest BCUT2D eigenvalue weighted by Crippen LogP contribution is 2.24. The molecule has 0 radical (unpaired) electrons. The lowest BCUT2D eigenvalue weighted by molar-refractivity contribution is 1.29. The van der Waals surface area contributed by atoms with Crippen LogP contribution in [0.3, 0.4) is 0 Å². The second-order valence-corrected chi connectivity index (χ2v) is 3.16. The summed E-state index contributed by atoms with van der Waals surface area (Å²) >= 11 is 1.59. The first-order valence-corrected chi connectivity index (χ1v) is 4.27. The van der Waals surface area contributed by atoms with Gasteiger partial charge in [0.1, 0.15) is 6.07 Å². The van der Waals surface area contributed by atoms with Gasteiger partial charge in [0.2, 0.25) is 0 Å². The van der Waals surface area contributed by atoms with Crippen molar-refractivity contribution >= 4 is 11.3 Å². The first kappa shape index (κ1) is 7.07. The standard InChI is InChI=1S/C8H5N3S/c9-4-6-8(11-5-10-6)7-2-1-3-12-7/h1-3,5H,(H,10,11). The topological polar surface area (TPSA) is 52.5 Å². The van der Waals surface area contributed by atoms with Gasteiger partial charge >= 0.3 is 0 Å². The zero-order valence-electron chi connectivity index (χ0n) is 6.11. The molecule has 2 aromatic heterocycles. The Morgan fingerprint density at radius 3 is 3.17 bits per heavy atom. The predicted octanol–water partition coefficient (Wildman–Crippen LogP) is 2.01. The zero-order chi connectivity index (χ0) is 8.39. The van der Waals surface area contributed by atoms with E-state index in [9.17, 15) is 0 Å². The molecule has 3 nitrogen and oxygen atoms in total. The molecule has 0 aliphatic carbocycles. The van der Waals surface area contributed by atoms with Crippen molar-refractivity contribution in [2.45, 2.75) is 0 Å². The number of nitriles is 1. The van der Waals surface area contributed by atoms with Gasteiger partial charge in [-0.15, -0.1) is 11.3 Å². The van der Waals surface area contributed by atoms with Crippen molar-refractivity contribution in [3.63, 3.8) is 0 Å². The van der Waals surface area contributed by atoms with Gasteiger partial charge in [0, 0.05) is 0 Å². The maximum Gasteiger partial charge on any atom is 0.167 e. The van der Waals surface area contributed by atoms with Crippen LogP contribution in [0.2, 0.25) is 0 Å². The maximum atomic E-state index is 8.68. The van der Waals surface area contributed by atoms with E-state index in [1.807, 2.05) is 23.6 Å². The van der Waals surface area contributed by atoms with Gasteiger partial charge in [0.15, 0.2) is 5.69 Å². The monoisotopic (exact) mass is 175 g/mol. The average Bonchev–Trinajstić information content (AvgIpc) is 2.74. The molecule has 1 N–H and O–H groups in total. The molecule has 0 amide bonds. The number of rotatable bonds is 1. The number of hydrogen-bond acceptors (Lipinski definition) is 3. The van der Waals surface area contributed by atoms with Crippen molar-refractivity contribution in [3.8, 4) is 16.6 Å². The Hall–Kier alpha value is -1.60. The number of aromatic amines is 1. The number of aromatic nitrogens is 2. The Morgan fingerprint density at radius 1 is 1.58 bits per heavy atom. The molecule has 12 heavy (non-hydrogen) atoms. The van der Waals surface area contributed by atoms with E-state index in [0.29, 0.717) is 5.69 Å². The van der Waals surface area contributed by atoms with Crippen LogP contribution in [0.15, 0.2) is 23.8 Å². The molecule has 2 aromatic rings. The molecule has 0 aromatic carbocycles. The van der Waals surface area contributed by atoms with Gasteiger partial charge in [0.25, 0.3) is 0 Å². The first-order valence-electron chi connectivity index (χ1n) is 3.39. The summed E-state index contributed by atoms with van der Waals surface area (Å²) < 4.78 is 0. The van der Waals surface area contributed by atoms with E-state index in [4.69, 9.17) is 5.26 Å². The third-order valence-electron chi connectivity index (χ3n) is 1.51. The molecule has 0 spiro atoms. The molecule has 0 saturated heterocycles. The van der Waals surface area contributed by atoms with E-state index in [-0.39, 0.29) is 0 Å². The van der Waals surface area contributed by atoms with Crippen molar-refractivity contribution in [3.05, 3.63) is 29.5 Å². The van der Waals surface area contributed by atoms with Crippen molar-refractivity contribution < 1.29 is 0 Å². The van der Waals surface area contributed by atoms with Crippen LogP contribution in [0, 0.1) is 11.3 Å². The Bertz CT molecular complexity index is 408. The summed E-state index contributed by atoms with van der Waals surface area (Å²) in [6.45, 7) is 0. The molecule has 0 atom stereocenters. The molecule has 2 rings (SSSR count). The zero-order valence-corrected chi connectivity index (χ0v) is 6.93. The fraction of sp³-hybridized carbons (Fsp3) is 0. The normalized spacial score (nSPS) is 9.58. The number of thiophene rings is 1. The molecule has 0 bridgehead atoms. The van der Waals surface area contributed by atoms with Crippen molar-refractivity contribution in [1.82, 2.24) is 9.97 Å². The number of H-pyrrole nitrogens is 1. The smallest absolute Gasteiger partial charge is 0.167 e. The summed E-state index contributed by atoms with van der Waals surface area (Å²) in [7, 11) is 0. The van der Waals surface area contributed by atoms with Crippen LogP contribution in [-0.2, 0) is 0 Å². The summed E-state index contributed by atoms with van der Waals surface area (Å²) in [5.41, 5.74) is 1.27. The quantitative estimate of drug-likeness (QED) is 0.720. The minimum absolute atomic E-state index is 0.456. The van der Waals surface area contributed by atoms with Crippen LogP contribution in [0.5, 0.6) is 0 Å². The van der Waals surface area contributed by atoms with E-state index in [2.05, 4.69) is 9.97 Å². The van der Waals surface area contributed by atoms with Crippen molar-refractivity contribution in [2.75, 3.05) is 0 Å². The first-order chi connectivity index (χ1) is 5.92. The number of hydrogen-bond donors (Lipinski definition) is 1. The lowest BCUT2D eigenvalue weighted by atomic mass is 10.3.